The monoisotopic (exact) mass is 371 g/mol. The van der Waals surface area contributed by atoms with E-state index in [1.54, 1.807) is 4.90 Å². The van der Waals surface area contributed by atoms with Crippen LogP contribution in [0.25, 0.3) is 0 Å². The van der Waals surface area contributed by atoms with Gasteiger partial charge in [-0.25, -0.2) is 4.79 Å². The van der Waals surface area contributed by atoms with Gasteiger partial charge in [0.1, 0.15) is 13.2 Å². The zero-order valence-corrected chi connectivity index (χ0v) is 15.5. The molecule has 7 heteroatoms. The number of amides is 3. The summed E-state index contributed by atoms with van der Waals surface area (Å²) in [7, 11) is 0. The maximum atomic E-state index is 12.7. The lowest BCUT2D eigenvalue weighted by atomic mass is 9.93. The largest absolute Gasteiger partial charge is 0.448 e. The minimum absolute atomic E-state index is 0.0305. The highest BCUT2D eigenvalue weighted by atomic mass is 16.6. The van der Waals surface area contributed by atoms with Crippen LogP contribution in [-0.4, -0.2) is 66.5 Å². The Morgan fingerprint density at radius 1 is 1.19 bits per heavy atom. The molecule has 1 aromatic rings. The molecule has 1 aromatic carbocycles. The van der Waals surface area contributed by atoms with Gasteiger partial charge < -0.3 is 15.0 Å². The van der Waals surface area contributed by atoms with Crippen LogP contribution in [0.2, 0.25) is 0 Å². The van der Waals surface area contributed by atoms with Crippen LogP contribution in [-0.2, 0) is 14.3 Å². The molecule has 7 nitrogen and oxygen atoms in total. The van der Waals surface area contributed by atoms with Crippen molar-refractivity contribution in [3.05, 3.63) is 35.4 Å². The van der Waals surface area contributed by atoms with E-state index >= 15 is 0 Å². The van der Waals surface area contributed by atoms with Crippen LogP contribution in [0, 0.1) is 12.8 Å². The highest BCUT2D eigenvalue weighted by Gasteiger charge is 2.40. The van der Waals surface area contributed by atoms with Crippen molar-refractivity contribution < 1.29 is 19.1 Å². The van der Waals surface area contributed by atoms with E-state index in [0.717, 1.165) is 18.4 Å². The third kappa shape index (κ3) is 3.91. The first kappa shape index (κ1) is 17.8. The summed E-state index contributed by atoms with van der Waals surface area (Å²) in [5, 5.41) is 3.15. The molecule has 0 bridgehead atoms. The molecule has 2 heterocycles. The average Bonchev–Trinajstić information content (AvgIpc) is 3.31. The minimum Gasteiger partial charge on any atom is -0.448 e. The van der Waals surface area contributed by atoms with Crippen molar-refractivity contribution in [2.24, 2.45) is 5.92 Å². The lowest BCUT2D eigenvalue weighted by molar-refractivity contribution is -0.131. The van der Waals surface area contributed by atoms with Crippen molar-refractivity contribution in [1.29, 1.82) is 0 Å². The predicted octanol–water partition coefficient (Wildman–Crippen LogP) is 1.27. The number of cyclic esters (lactones) is 1. The summed E-state index contributed by atoms with van der Waals surface area (Å²) < 4.78 is 4.90. The number of rotatable bonds is 5. The number of carbonyl (C=O) groups excluding carboxylic acids is 3. The first-order valence-corrected chi connectivity index (χ1v) is 9.57. The van der Waals surface area contributed by atoms with Gasteiger partial charge >= 0.3 is 6.09 Å². The van der Waals surface area contributed by atoms with Crippen molar-refractivity contribution in [2.45, 2.75) is 31.7 Å². The highest BCUT2D eigenvalue weighted by molar-refractivity contribution is 5.84. The molecule has 2 aliphatic heterocycles. The van der Waals surface area contributed by atoms with Gasteiger partial charge in [0.05, 0.1) is 12.6 Å². The molecule has 1 aliphatic carbocycles. The SMILES string of the molecule is Cc1ccc([C@@H]2CN(C(=O)CN3CCOC3=O)C[C@H]2NC(=O)C2CC2)cc1. The summed E-state index contributed by atoms with van der Waals surface area (Å²) in [5.74, 6) is 0.180. The van der Waals surface area contributed by atoms with Gasteiger partial charge in [0.2, 0.25) is 11.8 Å². The van der Waals surface area contributed by atoms with Crippen LogP contribution in [0.3, 0.4) is 0 Å². The van der Waals surface area contributed by atoms with Crippen molar-refractivity contribution in [1.82, 2.24) is 15.1 Å². The standard InChI is InChI=1S/C20H25N3O4/c1-13-2-4-14(5-3-13)16-10-23(11-17(16)21-19(25)15-6-7-15)18(24)12-22-8-9-27-20(22)26/h2-5,15-17H,6-12H2,1H3,(H,21,25)/t16-,17+/m0/s1. The smallest absolute Gasteiger partial charge is 0.410 e. The number of aryl methyl sites for hydroxylation is 1. The number of carbonyl (C=O) groups is 3. The van der Waals surface area contributed by atoms with Gasteiger partial charge in [-0.3, -0.25) is 14.5 Å². The highest BCUT2D eigenvalue weighted by Crippen LogP contribution is 2.32. The third-order valence-electron chi connectivity index (χ3n) is 5.62. The molecule has 3 aliphatic rings. The Balaban J connectivity index is 1.47. The zero-order valence-electron chi connectivity index (χ0n) is 15.5. The fourth-order valence-corrected chi connectivity index (χ4v) is 3.78. The van der Waals surface area contributed by atoms with Gasteiger partial charge in [-0.2, -0.15) is 0 Å². The Kier molecular flexibility index (Phi) is 4.76. The second-order valence-corrected chi connectivity index (χ2v) is 7.74. The minimum atomic E-state index is -0.434. The van der Waals surface area contributed by atoms with Crippen LogP contribution in [0.1, 0.15) is 29.9 Å². The van der Waals surface area contributed by atoms with E-state index in [1.807, 2.05) is 6.92 Å². The molecule has 144 valence electrons. The molecule has 3 amide bonds. The Morgan fingerprint density at radius 2 is 1.93 bits per heavy atom. The van der Waals surface area contributed by atoms with Crippen LogP contribution < -0.4 is 5.32 Å². The van der Waals surface area contributed by atoms with Crippen LogP contribution >= 0.6 is 0 Å². The van der Waals surface area contributed by atoms with Gasteiger partial charge in [0.25, 0.3) is 0 Å². The van der Waals surface area contributed by atoms with Crippen LogP contribution in [0.4, 0.5) is 4.79 Å². The van der Waals surface area contributed by atoms with E-state index in [9.17, 15) is 14.4 Å². The predicted molar refractivity (Wildman–Crippen MR) is 98.1 cm³/mol. The Bertz CT molecular complexity index is 744. The molecule has 0 radical (unpaired) electrons. The van der Waals surface area contributed by atoms with Crippen LogP contribution in [0.15, 0.2) is 24.3 Å². The lowest BCUT2D eigenvalue weighted by Gasteiger charge is -2.20. The molecule has 1 N–H and O–H groups in total. The Labute approximate surface area is 158 Å². The van der Waals surface area contributed by atoms with E-state index in [1.165, 1.54) is 10.5 Å². The molecule has 0 aromatic heterocycles. The summed E-state index contributed by atoms with van der Waals surface area (Å²) in [6.07, 6.45) is 1.47. The number of likely N-dealkylation sites (tertiary alicyclic amines) is 1. The second kappa shape index (κ2) is 7.21. The molecule has 1 saturated carbocycles. The molecular formula is C20H25N3O4. The molecule has 27 heavy (non-hydrogen) atoms. The van der Waals surface area contributed by atoms with Gasteiger partial charge in [-0.1, -0.05) is 29.8 Å². The zero-order chi connectivity index (χ0) is 19.0. The van der Waals surface area contributed by atoms with Crippen molar-refractivity contribution in [2.75, 3.05) is 32.8 Å². The number of nitrogens with zero attached hydrogens (tertiary/aromatic N) is 2. The first-order chi connectivity index (χ1) is 13.0. The molecule has 4 rings (SSSR count). The molecule has 2 saturated heterocycles. The molecular weight excluding hydrogens is 346 g/mol. The Hall–Kier alpha value is -2.57. The normalized spacial score (nSPS) is 24.9. The van der Waals surface area contributed by atoms with Crippen molar-refractivity contribution in [3.8, 4) is 0 Å². The van der Waals surface area contributed by atoms with Crippen LogP contribution in [0.5, 0.6) is 0 Å². The number of hydrogen-bond donors (Lipinski definition) is 1. The molecule has 0 unspecified atom stereocenters. The fourth-order valence-electron chi connectivity index (χ4n) is 3.78. The number of nitrogens with one attached hydrogen (secondary N) is 1. The summed E-state index contributed by atoms with van der Waals surface area (Å²) in [4.78, 5) is 39.8. The summed E-state index contributed by atoms with van der Waals surface area (Å²) in [6, 6.07) is 8.15. The summed E-state index contributed by atoms with van der Waals surface area (Å²) in [6.45, 7) is 3.86. The maximum absolute atomic E-state index is 12.7. The molecule has 0 spiro atoms. The number of hydrogen-bond acceptors (Lipinski definition) is 4. The van der Waals surface area contributed by atoms with Crippen molar-refractivity contribution in [3.63, 3.8) is 0 Å². The third-order valence-corrected chi connectivity index (χ3v) is 5.62. The van der Waals surface area contributed by atoms with E-state index in [-0.39, 0.29) is 36.2 Å². The molecule has 3 fully saturated rings. The van der Waals surface area contributed by atoms with Gasteiger partial charge in [-0.05, 0) is 25.3 Å². The number of benzene rings is 1. The van der Waals surface area contributed by atoms with E-state index in [4.69, 9.17) is 4.74 Å². The topological polar surface area (TPSA) is 79.0 Å². The van der Waals surface area contributed by atoms with Crippen molar-refractivity contribution >= 4 is 17.9 Å². The van der Waals surface area contributed by atoms with Gasteiger partial charge in [0, 0.05) is 24.9 Å². The second-order valence-electron chi connectivity index (χ2n) is 7.74. The first-order valence-electron chi connectivity index (χ1n) is 9.57. The average molecular weight is 371 g/mol. The van der Waals surface area contributed by atoms with E-state index in [2.05, 4.69) is 29.6 Å². The molecule has 2 atom stereocenters. The summed E-state index contributed by atoms with van der Waals surface area (Å²) in [5.41, 5.74) is 2.30. The lowest BCUT2D eigenvalue weighted by Crippen LogP contribution is -2.43. The van der Waals surface area contributed by atoms with E-state index in [0.29, 0.717) is 26.2 Å². The maximum Gasteiger partial charge on any atom is 0.410 e. The fraction of sp³-hybridized carbons (Fsp3) is 0.550. The van der Waals surface area contributed by atoms with E-state index < -0.39 is 6.09 Å². The summed E-state index contributed by atoms with van der Waals surface area (Å²) >= 11 is 0. The Morgan fingerprint density at radius 3 is 2.56 bits per heavy atom. The number of ether oxygens (including phenoxy) is 1. The van der Waals surface area contributed by atoms with Gasteiger partial charge in [-0.15, -0.1) is 0 Å². The quantitative estimate of drug-likeness (QED) is 0.845. The van der Waals surface area contributed by atoms with Gasteiger partial charge in [0.15, 0.2) is 0 Å².